The molecule has 2 aliphatic rings. The van der Waals surface area contributed by atoms with Gasteiger partial charge in [0.25, 0.3) is 0 Å². The van der Waals surface area contributed by atoms with Crippen molar-refractivity contribution in [1.82, 2.24) is 29.1 Å². The number of anilines is 3. The number of rotatable bonds is 6. The number of benzene rings is 1. The molecule has 11 heteroatoms. The van der Waals surface area contributed by atoms with Crippen molar-refractivity contribution < 1.29 is 4.21 Å². The van der Waals surface area contributed by atoms with Gasteiger partial charge in [-0.2, -0.15) is 4.98 Å². The summed E-state index contributed by atoms with van der Waals surface area (Å²) >= 11 is 1.60. The van der Waals surface area contributed by atoms with Crippen molar-refractivity contribution in [2.24, 2.45) is 0 Å². The van der Waals surface area contributed by atoms with Crippen molar-refractivity contribution in [3.63, 3.8) is 0 Å². The van der Waals surface area contributed by atoms with Crippen molar-refractivity contribution >= 4 is 50.1 Å². The minimum atomic E-state index is -1.14. The first-order valence-electron chi connectivity index (χ1n) is 13.1. The van der Waals surface area contributed by atoms with E-state index in [1.165, 1.54) is 6.42 Å². The van der Waals surface area contributed by atoms with E-state index in [4.69, 9.17) is 9.97 Å². The van der Waals surface area contributed by atoms with Crippen molar-refractivity contribution in [1.29, 1.82) is 0 Å². The topological polar surface area (TPSA) is 90.4 Å². The van der Waals surface area contributed by atoms with Gasteiger partial charge >= 0.3 is 0 Å². The van der Waals surface area contributed by atoms with E-state index in [0.29, 0.717) is 5.82 Å². The second-order valence-corrected chi connectivity index (χ2v) is 12.4. The van der Waals surface area contributed by atoms with Crippen molar-refractivity contribution in [2.45, 2.75) is 31.1 Å². The molecule has 0 saturated carbocycles. The normalized spacial score (nSPS) is 18.1. The van der Waals surface area contributed by atoms with E-state index < -0.39 is 11.0 Å². The Morgan fingerprint density at radius 3 is 2.55 bits per heavy atom. The molecule has 1 N–H and O–H groups in total. The van der Waals surface area contributed by atoms with Crippen LogP contribution < -0.4 is 10.2 Å². The first-order valence-corrected chi connectivity index (χ1v) is 15.0. The molecular formula is C27H32N8OS2. The molecule has 198 valence electrons. The number of hydrogen-bond donors (Lipinski definition) is 1. The summed E-state index contributed by atoms with van der Waals surface area (Å²) in [5.74, 6) is 2.16. The lowest BCUT2D eigenvalue weighted by Crippen LogP contribution is -2.45. The Bertz CT molecular complexity index is 1460. The monoisotopic (exact) mass is 548 g/mol. The molecule has 1 atom stereocenters. The molecule has 5 heterocycles. The van der Waals surface area contributed by atoms with Crippen LogP contribution in [-0.2, 0) is 11.0 Å². The van der Waals surface area contributed by atoms with E-state index in [1.54, 1.807) is 11.3 Å². The molecule has 0 aliphatic carbocycles. The molecule has 9 nitrogen and oxygen atoms in total. The largest absolute Gasteiger partial charge is 0.338 e. The second kappa shape index (κ2) is 11.0. The zero-order valence-electron chi connectivity index (χ0n) is 21.8. The van der Waals surface area contributed by atoms with E-state index in [1.807, 2.05) is 49.5 Å². The fourth-order valence-corrected chi connectivity index (χ4v) is 7.06. The Labute approximate surface area is 229 Å². The van der Waals surface area contributed by atoms with Gasteiger partial charge in [0.1, 0.15) is 27.6 Å². The zero-order chi connectivity index (χ0) is 26.1. The van der Waals surface area contributed by atoms with Gasteiger partial charge in [-0.05, 0) is 38.9 Å². The number of aromatic nitrogens is 4. The van der Waals surface area contributed by atoms with Gasteiger partial charge in [0.2, 0.25) is 5.95 Å². The van der Waals surface area contributed by atoms with Crippen molar-refractivity contribution in [2.75, 3.05) is 56.5 Å². The minimum absolute atomic E-state index is 0.691. The summed E-state index contributed by atoms with van der Waals surface area (Å²) in [6, 6.07) is 11.9. The van der Waals surface area contributed by atoms with Gasteiger partial charge in [-0.1, -0.05) is 18.6 Å². The van der Waals surface area contributed by atoms with Crippen molar-refractivity contribution in [3.8, 4) is 10.6 Å². The highest BCUT2D eigenvalue weighted by Gasteiger charge is 2.20. The lowest BCUT2D eigenvalue weighted by Gasteiger charge is -2.32. The van der Waals surface area contributed by atoms with Crippen LogP contribution in [0, 0.1) is 6.92 Å². The highest BCUT2D eigenvalue weighted by atomic mass is 32.2. The maximum absolute atomic E-state index is 13.1. The highest BCUT2D eigenvalue weighted by Crippen LogP contribution is 2.32. The van der Waals surface area contributed by atoms with Crippen LogP contribution in [0.25, 0.3) is 20.8 Å². The molecule has 0 amide bonds. The van der Waals surface area contributed by atoms with Gasteiger partial charge in [-0.25, -0.2) is 23.5 Å². The van der Waals surface area contributed by atoms with Gasteiger partial charge in [0.15, 0.2) is 0 Å². The Balaban J connectivity index is 1.22. The van der Waals surface area contributed by atoms with Crippen LogP contribution in [0.1, 0.15) is 25.0 Å². The third-order valence-corrected chi connectivity index (χ3v) is 9.54. The summed E-state index contributed by atoms with van der Waals surface area (Å²) in [6.45, 7) is 7.60. The third-order valence-electron chi connectivity index (χ3n) is 6.99. The second-order valence-electron chi connectivity index (χ2n) is 9.93. The number of aryl methyl sites for hydroxylation is 1. The molecule has 2 aliphatic heterocycles. The fourth-order valence-electron chi connectivity index (χ4n) is 4.84. The molecule has 0 spiro atoms. The van der Waals surface area contributed by atoms with E-state index >= 15 is 0 Å². The first-order chi connectivity index (χ1) is 18.5. The molecule has 2 fully saturated rings. The van der Waals surface area contributed by atoms with Gasteiger partial charge in [-0.3, -0.25) is 0 Å². The number of hydrogen-bond acceptors (Lipinski definition) is 9. The number of likely N-dealkylation sites (N-methyl/N-ethyl adjacent to an activating group) is 1. The van der Waals surface area contributed by atoms with Gasteiger partial charge in [0, 0.05) is 68.9 Å². The minimum Gasteiger partial charge on any atom is -0.338 e. The quantitative estimate of drug-likeness (QED) is 0.378. The van der Waals surface area contributed by atoms with E-state index in [0.717, 1.165) is 95.3 Å². The average molecular weight is 549 g/mol. The summed E-state index contributed by atoms with van der Waals surface area (Å²) in [6.07, 6.45) is 5.29. The summed E-state index contributed by atoms with van der Waals surface area (Å²) in [5, 5.41) is 4.25. The van der Waals surface area contributed by atoms with Crippen LogP contribution >= 0.6 is 11.3 Å². The van der Waals surface area contributed by atoms with Gasteiger partial charge in [-0.15, -0.1) is 11.3 Å². The summed E-state index contributed by atoms with van der Waals surface area (Å²) in [5.41, 5.74) is 2.76. The van der Waals surface area contributed by atoms with Crippen LogP contribution in [0.15, 0.2) is 47.5 Å². The lowest BCUT2D eigenvalue weighted by molar-refractivity contribution is 0.311. The van der Waals surface area contributed by atoms with Gasteiger partial charge < -0.3 is 15.1 Å². The Kier molecular flexibility index (Phi) is 7.33. The van der Waals surface area contributed by atoms with Gasteiger partial charge in [0.05, 0.1) is 15.1 Å². The molecule has 0 radical (unpaired) electrons. The number of nitrogens with one attached hydrogen (secondary N) is 1. The molecule has 4 aromatic rings. The fraction of sp³-hybridized carbons (Fsp3) is 0.407. The van der Waals surface area contributed by atoms with Crippen LogP contribution in [-0.4, -0.2) is 79.7 Å². The standard InChI is InChI=1S/C27H32N8OS2/c1-19-15-25(32-27(29-19)34-13-11-33(2)12-14-34)31-24-17-22-23(18-28-24)37-26(30-22)20-7-6-8-21(16-20)38(36)35-9-4-3-5-10-35/h6-8,15-18H,3-5,9-14H2,1-2H3,(H,28,29,31,32). The molecule has 0 bridgehead atoms. The maximum Gasteiger partial charge on any atom is 0.227 e. The summed E-state index contributed by atoms with van der Waals surface area (Å²) in [7, 11) is 1.00. The smallest absolute Gasteiger partial charge is 0.227 e. The van der Waals surface area contributed by atoms with Crippen molar-refractivity contribution in [3.05, 3.63) is 48.3 Å². The average Bonchev–Trinajstić information content (AvgIpc) is 3.37. The number of nitrogens with zero attached hydrogens (tertiary/aromatic N) is 7. The number of pyridine rings is 1. The number of piperazine rings is 1. The Morgan fingerprint density at radius 2 is 1.74 bits per heavy atom. The molecule has 1 unspecified atom stereocenters. The van der Waals surface area contributed by atoms with Crippen LogP contribution in [0.5, 0.6) is 0 Å². The molecule has 6 rings (SSSR count). The molecular weight excluding hydrogens is 516 g/mol. The Morgan fingerprint density at radius 1 is 0.921 bits per heavy atom. The molecule has 3 aromatic heterocycles. The number of fused-ring (bicyclic) bond motifs is 1. The SMILES string of the molecule is Cc1cc(Nc2cc3nc(-c4cccc(S(=O)N5CCCCC5)c4)sc3cn2)nc(N2CCN(C)CC2)n1. The highest BCUT2D eigenvalue weighted by molar-refractivity contribution is 7.82. The van der Waals surface area contributed by atoms with Crippen LogP contribution in [0.4, 0.5) is 17.6 Å². The Hall–Kier alpha value is -2.99. The third kappa shape index (κ3) is 5.56. The molecule has 1 aromatic carbocycles. The van der Waals surface area contributed by atoms with E-state index in [2.05, 4.69) is 36.4 Å². The maximum atomic E-state index is 13.1. The van der Waals surface area contributed by atoms with Crippen LogP contribution in [0.2, 0.25) is 0 Å². The van der Waals surface area contributed by atoms with Crippen LogP contribution in [0.3, 0.4) is 0 Å². The predicted molar refractivity (Wildman–Crippen MR) is 154 cm³/mol. The molecule has 38 heavy (non-hydrogen) atoms. The first kappa shape index (κ1) is 25.3. The van der Waals surface area contributed by atoms with E-state index in [-0.39, 0.29) is 0 Å². The number of thiazole rings is 1. The zero-order valence-corrected chi connectivity index (χ0v) is 23.4. The summed E-state index contributed by atoms with van der Waals surface area (Å²) in [4.78, 5) is 24.3. The predicted octanol–water partition coefficient (Wildman–Crippen LogP) is 4.46. The number of piperidine rings is 1. The summed E-state index contributed by atoms with van der Waals surface area (Å²) < 4.78 is 16.2. The van der Waals surface area contributed by atoms with E-state index in [9.17, 15) is 4.21 Å². The lowest BCUT2D eigenvalue weighted by atomic mass is 10.2. The molecule has 2 saturated heterocycles.